The number of hydrogen-bond donors (Lipinski definition) is 0. The zero-order valence-electron chi connectivity index (χ0n) is 18.9. The van der Waals surface area contributed by atoms with Crippen molar-refractivity contribution in [2.45, 2.75) is 82.5 Å². The van der Waals surface area contributed by atoms with E-state index in [1.165, 1.54) is 19.3 Å². The van der Waals surface area contributed by atoms with Crippen LogP contribution in [0.1, 0.15) is 87.7 Å². The van der Waals surface area contributed by atoms with Crippen LogP contribution in [0.5, 0.6) is 0 Å². The highest BCUT2D eigenvalue weighted by atomic mass is 19.4. The number of imidazole rings is 1. The molecule has 1 aliphatic carbocycles. The van der Waals surface area contributed by atoms with Crippen molar-refractivity contribution >= 4 is 16.9 Å². The Morgan fingerprint density at radius 1 is 1.03 bits per heavy atom. The number of piperidine rings is 1. The number of nitrogens with zero attached hydrogens (tertiary/aromatic N) is 3. The summed E-state index contributed by atoms with van der Waals surface area (Å²) in [6, 6.07) is 3.93. The highest BCUT2D eigenvalue weighted by molar-refractivity contribution is 5.78. The highest BCUT2D eigenvalue weighted by Crippen LogP contribution is 2.38. The first-order chi connectivity index (χ1) is 15.9. The number of carbonyl (C=O) groups is 1. The Kier molecular flexibility index (Phi) is 6.38. The molecule has 2 saturated heterocycles. The van der Waals surface area contributed by atoms with Gasteiger partial charge in [0, 0.05) is 32.2 Å². The minimum atomic E-state index is -4.40. The summed E-state index contributed by atoms with van der Waals surface area (Å²) in [6.07, 6.45) is 5.46. The molecule has 0 N–H and O–H groups in total. The molecule has 33 heavy (non-hydrogen) atoms. The molecule has 2 aliphatic heterocycles. The molecule has 0 bridgehead atoms. The smallest absolute Gasteiger partial charge is 0.370 e. The fraction of sp³-hybridized carbons (Fsp3) is 0.680. The van der Waals surface area contributed by atoms with Crippen LogP contribution in [0.2, 0.25) is 0 Å². The molecule has 1 aromatic carbocycles. The first kappa shape index (κ1) is 22.7. The molecule has 5 nitrogen and oxygen atoms in total. The Morgan fingerprint density at radius 2 is 1.79 bits per heavy atom. The zero-order chi connectivity index (χ0) is 23.0. The molecular weight excluding hydrogens is 431 g/mol. The number of benzene rings is 1. The Morgan fingerprint density at radius 3 is 2.45 bits per heavy atom. The van der Waals surface area contributed by atoms with Gasteiger partial charge in [-0.1, -0.05) is 19.3 Å². The summed E-state index contributed by atoms with van der Waals surface area (Å²) in [5, 5.41) is 0. The van der Waals surface area contributed by atoms with E-state index in [0.717, 1.165) is 62.0 Å². The second kappa shape index (κ2) is 9.28. The SMILES string of the molecule is O=C(CC1CCCCC1)N1CCC(n2c([C@H]3CCCO3)nc3cc(C(F)(F)F)ccc32)CC1. The van der Waals surface area contributed by atoms with Crippen molar-refractivity contribution in [3.63, 3.8) is 0 Å². The number of fused-ring (bicyclic) bond motifs is 1. The lowest BCUT2D eigenvalue weighted by molar-refractivity contribution is -0.137. The molecule has 1 atom stereocenters. The van der Waals surface area contributed by atoms with Gasteiger partial charge in [-0.15, -0.1) is 0 Å². The molecule has 3 aliphatic rings. The van der Waals surface area contributed by atoms with Crippen molar-refractivity contribution in [1.82, 2.24) is 14.5 Å². The van der Waals surface area contributed by atoms with Gasteiger partial charge in [0.1, 0.15) is 11.9 Å². The number of likely N-dealkylation sites (tertiary alicyclic amines) is 1. The van der Waals surface area contributed by atoms with E-state index in [9.17, 15) is 18.0 Å². The van der Waals surface area contributed by atoms with Gasteiger partial charge in [0.05, 0.1) is 16.6 Å². The van der Waals surface area contributed by atoms with Crippen LogP contribution in [0.4, 0.5) is 13.2 Å². The molecule has 1 aromatic heterocycles. The van der Waals surface area contributed by atoms with Gasteiger partial charge in [-0.2, -0.15) is 13.2 Å². The summed E-state index contributed by atoms with van der Waals surface area (Å²) in [4.78, 5) is 19.5. The molecule has 0 unspecified atom stereocenters. The van der Waals surface area contributed by atoms with Crippen molar-refractivity contribution in [2.24, 2.45) is 5.92 Å². The van der Waals surface area contributed by atoms with E-state index in [1.54, 1.807) is 6.07 Å². The van der Waals surface area contributed by atoms with Gasteiger partial charge in [0.2, 0.25) is 5.91 Å². The average molecular weight is 464 g/mol. The summed E-state index contributed by atoms with van der Waals surface area (Å²) in [5.74, 6) is 1.51. The largest absolute Gasteiger partial charge is 0.416 e. The molecule has 5 rings (SSSR count). The van der Waals surface area contributed by atoms with E-state index in [0.29, 0.717) is 37.6 Å². The Bertz CT molecular complexity index is 983. The van der Waals surface area contributed by atoms with Crippen molar-refractivity contribution in [3.05, 3.63) is 29.6 Å². The molecular formula is C25H32F3N3O2. The van der Waals surface area contributed by atoms with Gasteiger partial charge in [0.15, 0.2) is 0 Å². The lowest BCUT2D eigenvalue weighted by Crippen LogP contribution is -2.40. The van der Waals surface area contributed by atoms with Crippen LogP contribution in [0.25, 0.3) is 11.0 Å². The van der Waals surface area contributed by atoms with E-state index in [1.807, 2.05) is 4.90 Å². The number of amides is 1. The Labute approximate surface area is 192 Å². The first-order valence-corrected chi connectivity index (χ1v) is 12.4. The van der Waals surface area contributed by atoms with Gasteiger partial charge in [0.25, 0.3) is 0 Å². The maximum Gasteiger partial charge on any atom is 0.416 e. The Hall–Kier alpha value is -2.09. The second-order valence-corrected chi connectivity index (χ2v) is 9.86. The first-order valence-electron chi connectivity index (χ1n) is 12.4. The maximum absolute atomic E-state index is 13.3. The van der Waals surface area contributed by atoms with Gasteiger partial charge >= 0.3 is 6.18 Å². The quantitative estimate of drug-likeness (QED) is 0.555. The van der Waals surface area contributed by atoms with Gasteiger partial charge in [-0.3, -0.25) is 4.79 Å². The van der Waals surface area contributed by atoms with Crippen molar-refractivity contribution in [3.8, 4) is 0 Å². The molecule has 180 valence electrons. The maximum atomic E-state index is 13.3. The summed E-state index contributed by atoms with van der Waals surface area (Å²) in [6.45, 7) is 2.01. The number of ether oxygens (including phenoxy) is 1. The van der Waals surface area contributed by atoms with Crippen LogP contribution < -0.4 is 0 Å². The average Bonchev–Trinajstić information content (AvgIpc) is 3.46. The predicted octanol–water partition coefficient (Wildman–Crippen LogP) is 6.04. The molecule has 0 radical (unpaired) electrons. The number of rotatable bonds is 4. The van der Waals surface area contributed by atoms with Crippen LogP contribution in [-0.2, 0) is 15.7 Å². The molecule has 3 fully saturated rings. The molecule has 3 heterocycles. The Balaban J connectivity index is 1.35. The number of hydrogen-bond acceptors (Lipinski definition) is 3. The summed E-state index contributed by atoms with van der Waals surface area (Å²) in [5.41, 5.74) is 0.410. The fourth-order valence-electron chi connectivity index (χ4n) is 5.83. The number of alkyl halides is 3. The topological polar surface area (TPSA) is 47.4 Å². The zero-order valence-corrected chi connectivity index (χ0v) is 18.9. The van der Waals surface area contributed by atoms with Crippen LogP contribution in [-0.4, -0.2) is 40.1 Å². The third-order valence-electron chi connectivity index (χ3n) is 7.63. The van der Waals surface area contributed by atoms with E-state index >= 15 is 0 Å². The minimum absolute atomic E-state index is 0.102. The van der Waals surface area contributed by atoms with E-state index in [-0.39, 0.29) is 18.1 Å². The van der Waals surface area contributed by atoms with E-state index in [4.69, 9.17) is 4.74 Å². The molecule has 2 aromatic rings. The van der Waals surface area contributed by atoms with Crippen molar-refractivity contribution in [2.75, 3.05) is 19.7 Å². The van der Waals surface area contributed by atoms with Crippen LogP contribution in [0.15, 0.2) is 18.2 Å². The molecule has 1 saturated carbocycles. The van der Waals surface area contributed by atoms with Crippen molar-refractivity contribution < 1.29 is 22.7 Å². The number of carbonyl (C=O) groups excluding carboxylic acids is 1. The van der Waals surface area contributed by atoms with Gasteiger partial charge in [-0.25, -0.2) is 4.98 Å². The standard InChI is InChI=1S/C25H32F3N3O2/c26-25(27,28)18-8-9-21-20(16-18)29-24(22-7-4-14-33-22)31(21)19-10-12-30(13-11-19)23(32)15-17-5-2-1-3-6-17/h8-9,16-17,19,22H,1-7,10-15H2/t22-/m1/s1. The third-order valence-corrected chi connectivity index (χ3v) is 7.63. The van der Waals surface area contributed by atoms with Crippen LogP contribution in [0.3, 0.4) is 0 Å². The van der Waals surface area contributed by atoms with Crippen LogP contribution >= 0.6 is 0 Å². The normalized spacial score (nSPS) is 23.5. The number of halogens is 3. The molecule has 8 heteroatoms. The summed E-state index contributed by atoms with van der Waals surface area (Å²) < 4.78 is 47.8. The van der Waals surface area contributed by atoms with Gasteiger partial charge < -0.3 is 14.2 Å². The lowest BCUT2D eigenvalue weighted by atomic mass is 9.86. The fourth-order valence-corrected chi connectivity index (χ4v) is 5.83. The predicted molar refractivity (Wildman–Crippen MR) is 119 cm³/mol. The summed E-state index contributed by atoms with van der Waals surface area (Å²) in [7, 11) is 0. The lowest BCUT2D eigenvalue weighted by Gasteiger charge is -2.35. The minimum Gasteiger partial charge on any atom is -0.370 e. The third kappa shape index (κ3) is 4.77. The summed E-state index contributed by atoms with van der Waals surface area (Å²) >= 11 is 0. The molecule has 0 spiro atoms. The number of aromatic nitrogens is 2. The monoisotopic (exact) mass is 463 g/mol. The molecule has 1 amide bonds. The van der Waals surface area contributed by atoms with Gasteiger partial charge in [-0.05, 0) is 62.6 Å². The van der Waals surface area contributed by atoms with Crippen molar-refractivity contribution in [1.29, 1.82) is 0 Å². The highest BCUT2D eigenvalue weighted by Gasteiger charge is 2.34. The van der Waals surface area contributed by atoms with E-state index in [2.05, 4.69) is 9.55 Å². The second-order valence-electron chi connectivity index (χ2n) is 9.86. The van der Waals surface area contributed by atoms with E-state index < -0.39 is 11.7 Å². The van der Waals surface area contributed by atoms with Crippen LogP contribution in [0, 0.1) is 5.92 Å².